The summed E-state index contributed by atoms with van der Waals surface area (Å²) >= 11 is 0.803. The zero-order valence-corrected chi connectivity index (χ0v) is 19.8. The number of amides is 1. The number of nitrogens with one attached hydrogen (secondary N) is 2. The summed E-state index contributed by atoms with van der Waals surface area (Å²) in [5, 5.41) is 10.3. The molecule has 0 fully saturated rings. The summed E-state index contributed by atoms with van der Waals surface area (Å²) in [4.78, 5) is 12.4. The SMILES string of the molecule is Cc1ccc(C(=O)Nc2nnc(S(=O)(=O)N[C@H]3CC(C)(C)Oc4ccc(C)cc43)s2)cc1. The number of sulfonamides is 1. The lowest BCUT2D eigenvalue weighted by Gasteiger charge is -2.37. The molecule has 1 atom stereocenters. The Morgan fingerprint density at radius 1 is 1.09 bits per heavy atom. The molecule has 2 heterocycles. The van der Waals surface area contributed by atoms with Crippen LogP contribution in [0.5, 0.6) is 5.75 Å². The van der Waals surface area contributed by atoms with Crippen LogP contribution in [0.15, 0.2) is 46.8 Å². The highest BCUT2D eigenvalue weighted by molar-refractivity contribution is 7.91. The number of carbonyl (C=O) groups is 1. The van der Waals surface area contributed by atoms with Crippen LogP contribution >= 0.6 is 11.3 Å². The van der Waals surface area contributed by atoms with E-state index in [0.717, 1.165) is 28.0 Å². The molecule has 4 rings (SSSR count). The number of anilines is 1. The quantitative estimate of drug-likeness (QED) is 0.544. The average molecular weight is 473 g/mol. The van der Waals surface area contributed by atoms with E-state index in [1.54, 1.807) is 12.1 Å². The van der Waals surface area contributed by atoms with Gasteiger partial charge in [-0.15, -0.1) is 10.2 Å². The second-order valence-corrected chi connectivity index (χ2v) is 11.3. The third kappa shape index (κ3) is 4.82. The fraction of sp³-hybridized carbons (Fsp3) is 0.318. The van der Waals surface area contributed by atoms with Crippen molar-refractivity contribution in [1.82, 2.24) is 14.9 Å². The Labute approximate surface area is 191 Å². The van der Waals surface area contributed by atoms with Gasteiger partial charge in [-0.2, -0.15) is 0 Å². The van der Waals surface area contributed by atoms with Gasteiger partial charge in [0, 0.05) is 17.5 Å². The standard InChI is InChI=1S/C22H24N4O4S2/c1-13-5-8-15(9-6-13)19(27)23-20-24-25-21(31-20)32(28,29)26-17-12-22(3,4)30-18-10-7-14(2)11-16(17)18/h5-11,17,26H,12H2,1-4H3,(H,23,24,27)/t17-/m0/s1. The molecule has 0 saturated carbocycles. The average Bonchev–Trinajstić information content (AvgIpc) is 3.18. The van der Waals surface area contributed by atoms with E-state index >= 15 is 0 Å². The van der Waals surface area contributed by atoms with Crippen molar-refractivity contribution in [2.75, 3.05) is 5.32 Å². The Morgan fingerprint density at radius 2 is 1.78 bits per heavy atom. The van der Waals surface area contributed by atoms with E-state index in [1.807, 2.05) is 58.0 Å². The summed E-state index contributed by atoms with van der Waals surface area (Å²) < 4.78 is 34.7. The topological polar surface area (TPSA) is 110 Å². The highest BCUT2D eigenvalue weighted by atomic mass is 32.2. The van der Waals surface area contributed by atoms with Gasteiger partial charge in [0.05, 0.1) is 6.04 Å². The third-order valence-corrected chi connectivity index (χ3v) is 7.77. The number of hydrogen-bond donors (Lipinski definition) is 2. The molecule has 2 aromatic carbocycles. The van der Waals surface area contributed by atoms with Crippen LogP contribution in [0, 0.1) is 13.8 Å². The Morgan fingerprint density at radius 3 is 2.50 bits per heavy atom. The second-order valence-electron chi connectivity index (χ2n) is 8.47. The van der Waals surface area contributed by atoms with Crippen LogP contribution in [0.25, 0.3) is 0 Å². The maximum Gasteiger partial charge on any atom is 0.270 e. The summed E-state index contributed by atoms with van der Waals surface area (Å²) in [5.74, 6) is 0.275. The Kier molecular flexibility index (Phi) is 5.78. The van der Waals surface area contributed by atoms with Crippen LogP contribution in [-0.2, 0) is 10.0 Å². The second kappa shape index (κ2) is 8.27. The number of aryl methyl sites for hydroxylation is 2. The van der Waals surface area contributed by atoms with E-state index in [2.05, 4.69) is 20.2 Å². The summed E-state index contributed by atoms with van der Waals surface area (Å²) in [6.45, 7) is 7.71. The van der Waals surface area contributed by atoms with Crippen molar-refractivity contribution in [2.45, 2.75) is 50.1 Å². The van der Waals surface area contributed by atoms with Crippen molar-refractivity contribution in [3.63, 3.8) is 0 Å². The molecule has 0 spiro atoms. The summed E-state index contributed by atoms with van der Waals surface area (Å²) in [6, 6.07) is 12.3. The van der Waals surface area contributed by atoms with Crippen LogP contribution in [0.3, 0.4) is 0 Å². The monoisotopic (exact) mass is 472 g/mol. The molecule has 1 aliphatic rings. The lowest BCUT2D eigenvalue weighted by atomic mass is 9.89. The zero-order chi connectivity index (χ0) is 23.1. The molecule has 3 aromatic rings. The fourth-order valence-electron chi connectivity index (χ4n) is 3.56. The molecular weight excluding hydrogens is 448 g/mol. The molecule has 1 aromatic heterocycles. The molecule has 32 heavy (non-hydrogen) atoms. The predicted octanol–water partition coefficient (Wildman–Crippen LogP) is 3.99. The Bertz CT molecular complexity index is 1270. The molecule has 0 bridgehead atoms. The molecule has 8 nitrogen and oxygen atoms in total. The van der Waals surface area contributed by atoms with Gasteiger partial charge in [0.25, 0.3) is 15.9 Å². The summed E-state index contributed by atoms with van der Waals surface area (Å²) in [7, 11) is -3.96. The van der Waals surface area contributed by atoms with E-state index in [0.29, 0.717) is 17.7 Å². The van der Waals surface area contributed by atoms with Gasteiger partial charge in [-0.1, -0.05) is 46.7 Å². The molecule has 2 N–H and O–H groups in total. The molecule has 0 aliphatic carbocycles. The van der Waals surface area contributed by atoms with Crippen LogP contribution in [-0.4, -0.2) is 30.1 Å². The van der Waals surface area contributed by atoms with Crippen LogP contribution in [0.1, 0.15) is 53.4 Å². The van der Waals surface area contributed by atoms with Gasteiger partial charge in [0.2, 0.25) is 9.47 Å². The van der Waals surface area contributed by atoms with Crippen molar-refractivity contribution >= 4 is 32.4 Å². The summed E-state index contributed by atoms with van der Waals surface area (Å²) in [6.07, 6.45) is 0.457. The van der Waals surface area contributed by atoms with Gasteiger partial charge in [0.15, 0.2) is 0 Å². The third-order valence-electron chi connectivity index (χ3n) is 5.09. The number of hydrogen-bond acceptors (Lipinski definition) is 7. The van der Waals surface area contributed by atoms with E-state index in [9.17, 15) is 13.2 Å². The first-order chi connectivity index (χ1) is 15.0. The minimum atomic E-state index is -3.96. The zero-order valence-electron chi connectivity index (χ0n) is 18.2. The fourth-order valence-corrected chi connectivity index (χ4v) is 5.69. The Balaban J connectivity index is 1.54. The molecule has 0 unspecified atom stereocenters. The number of ether oxygens (including phenoxy) is 1. The summed E-state index contributed by atoms with van der Waals surface area (Å²) in [5.41, 5.74) is 2.73. The minimum absolute atomic E-state index is 0.111. The first-order valence-electron chi connectivity index (χ1n) is 10.1. The molecular formula is C22H24N4O4S2. The van der Waals surface area contributed by atoms with Crippen LogP contribution in [0.2, 0.25) is 0 Å². The molecule has 1 amide bonds. The van der Waals surface area contributed by atoms with E-state index in [1.165, 1.54) is 0 Å². The van der Waals surface area contributed by atoms with Crippen molar-refractivity contribution in [3.05, 3.63) is 64.7 Å². The highest BCUT2D eigenvalue weighted by Crippen LogP contribution is 2.40. The van der Waals surface area contributed by atoms with Crippen molar-refractivity contribution in [2.24, 2.45) is 0 Å². The lowest BCUT2D eigenvalue weighted by Crippen LogP contribution is -2.41. The number of nitrogens with zero attached hydrogens (tertiary/aromatic N) is 2. The van der Waals surface area contributed by atoms with E-state index in [-0.39, 0.29) is 15.4 Å². The van der Waals surface area contributed by atoms with Crippen molar-refractivity contribution < 1.29 is 17.9 Å². The van der Waals surface area contributed by atoms with Crippen molar-refractivity contribution in [3.8, 4) is 5.75 Å². The normalized spacial score (nSPS) is 17.3. The number of rotatable bonds is 5. The van der Waals surface area contributed by atoms with Gasteiger partial charge in [-0.25, -0.2) is 13.1 Å². The van der Waals surface area contributed by atoms with E-state index in [4.69, 9.17) is 4.74 Å². The first-order valence-corrected chi connectivity index (χ1v) is 12.4. The van der Waals surface area contributed by atoms with Gasteiger partial charge in [0.1, 0.15) is 11.4 Å². The number of aromatic nitrogens is 2. The van der Waals surface area contributed by atoms with E-state index < -0.39 is 21.7 Å². The molecule has 168 valence electrons. The molecule has 0 saturated heterocycles. The molecule has 0 radical (unpaired) electrons. The smallest absolute Gasteiger partial charge is 0.270 e. The first kappa shape index (κ1) is 22.4. The Hall–Kier alpha value is -2.82. The lowest BCUT2D eigenvalue weighted by molar-refractivity contribution is 0.0701. The molecule has 1 aliphatic heterocycles. The maximum atomic E-state index is 13.1. The van der Waals surface area contributed by atoms with Gasteiger partial charge in [-0.05, 0) is 45.9 Å². The van der Waals surface area contributed by atoms with Crippen LogP contribution < -0.4 is 14.8 Å². The van der Waals surface area contributed by atoms with Gasteiger partial charge in [-0.3, -0.25) is 10.1 Å². The maximum absolute atomic E-state index is 13.1. The number of carbonyl (C=O) groups excluding carboxylic acids is 1. The number of fused-ring (bicyclic) bond motifs is 1. The number of benzene rings is 2. The predicted molar refractivity (Wildman–Crippen MR) is 123 cm³/mol. The highest BCUT2D eigenvalue weighted by Gasteiger charge is 2.37. The molecule has 10 heteroatoms. The largest absolute Gasteiger partial charge is 0.487 e. The minimum Gasteiger partial charge on any atom is -0.487 e. The van der Waals surface area contributed by atoms with Gasteiger partial charge < -0.3 is 4.74 Å². The van der Waals surface area contributed by atoms with Crippen molar-refractivity contribution in [1.29, 1.82) is 0 Å². The van der Waals surface area contributed by atoms with Gasteiger partial charge >= 0.3 is 0 Å². The van der Waals surface area contributed by atoms with Crippen LogP contribution in [0.4, 0.5) is 5.13 Å².